The molecule has 0 saturated carbocycles. The van der Waals surface area contributed by atoms with Gasteiger partial charge in [0.25, 0.3) is 0 Å². The summed E-state index contributed by atoms with van der Waals surface area (Å²) in [6.45, 7) is 1.54. The van der Waals surface area contributed by atoms with Crippen molar-refractivity contribution >= 4 is 35.6 Å². The Labute approximate surface area is 218 Å². The Bertz CT molecular complexity index is 1010. The molecule has 0 aliphatic heterocycles. The van der Waals surface area contributed by atoms with Crippen LogP contribution in [0.15, 0.2) is 29.3 Å². The zero-order valence-corrected chi connectivity index (χ0v) is 20.9. The summed E-state index contributed by atoms with van der Waals surface area (Å²) in [5.41, 5.74) is 16.8. The van der Waals surface area contributed by atoms with Gasteiger partial charge >= 0.3 is 11.9 Å². The molecule has 0 fully saturated rings. The lowest BCUT2D eigenvalue weighted by atomic mass is 10.1. The molecule has 0 bridgehead atoms. The normalized spacial score (nSPS) is 13.7. The van der Waals surface area contributed by atoms with E-state index in [0.29, 0.717) is 12.0 Å². The number of guanidine groups is 1. The topological polar surface area (TPSA) is 273 Å². The number of aliphatic carboxylic acids is 2. The Morgan fingerprint density at radius 2 is 1.50 bits per heavy atom. The van der Waals surface area contributed by atoms with Crippen molar-refractivity contribution in [1.29, 1.82) is 0 Å². The molecule has 0 saturated heterocycles. The zero-order chi connectivity index (χ0) is 28.8. The molecule has 4 unspecified atom stereocenters. The molecule has 0 aliphatic carbocycles. The Morgan fingerprint density at radius 3 is 2.05 bits per heavy atom. The minimum absolute atomic E-state index is 0.00237. The van der Waals surface area contributed by atoms with Gasteiger partial charge in [-0.05, 0) is 43.9 Å². The third kappa shape index (κ3) is 12.0. The van der Waals surface area contributed by atoms with Crippen LogP contribution in [-0.2, 0) is 30.4 Å². The number of nitrogens with zero attached hydrogens (tertiary/aromatic N) is 1. The first-order valence-corrected chi connectivity index (χ1v) is 11.7. The van der Waals surface area contributed by atoms with Crippen molar-refractivity contribution in [2.24, 2.45) is 22.2 Å². The fraction of sp³-hybridized carbons (Fsp3) is 0.478. The molecular formula is C23H35N7O8. The van der Waals surface area contributed by atoms with Crippen LogP contribution in [0.5, 0.6) is 5.75 Å². The summed E-state index contributed by atoms with van der Waals surface area (Å²) in [5.74, 6) is -5.01. The van der Waals surface area contributed by atoms with E-state index in [4.69, 9.17) is 22.3 Å². The summed E-state index contributed by atoms with van der Waals surface area (Å²) in [4.78, 5) is 64.3. The number of hydrogen-bond acceptors (Lipinski definition) is 8. The second-order valence-corrected chi connectivity index (χ2v) is 8.55. The molecular weight excluding hydrogens is 502 g/mol. The van der Waals surface area contributed by atoms with Gasteiger partial charge in [-0.3, -0.25) is 24.2 Å². The number of nitrogens with two attached hydrogens (primary N) is 3. The molecule has 3 amide bonds. The molecule has 4 atom stereocenters. The van der Waals surface area contributed by atoms with Crippen LogP contribution in [0.2, 0.25) is 0 Å². The first-order chi connectivity index (χ1) is 17.8. The van der Waals surface area contributed by atoms with Crippen molar-refractivity contribution in [3.8, 4) is 5.75 Å². The third-order valence-corrected chi connectivity index (χ3v) is 5.33. The quantitative estimate of drug-likeness (QED) is 0.0616. The van der Waals surface area contributed by atoms with Crippen molar-refractivity contribution in [3.05, 3.63) is 29.8 Å². The molecule has 0 aliphatic rings. The lowest BCUT2D eigenvalue weighted by molar-refractivity contribution is -0.142. The van der Waals surface area contributed by atoms with E-state index in [1.807, 2.05) is 0 Å². The van der Waals surface area contributed by atoms with Crippen LogP contribution in [0.25, 0.3) is 0 Å². The van der Waals surface area contributed by atoms with Crippen LogP contribution in [0.3, 0.4) is 0 Å². The van der Waals surface area contributed by atoms with Crippen molar-refractivity contribution in [2.75, 3.05) is 6.54 Å². The maximum absolute atomic E-state index is 12.8. The molecule has 38 heavy (non-hydrogen) atoms. The molecule has 0 heterocycles. The minimum atomic E-state index is -1.33. The Morgan fingerprint density at radius 1 is 0.895 bits per heavy atom. The van der Waals surface area contributed by atoms with Gasteiger partial charge in [-0.25, -0.2) is 4.79 Å². The fourth-order valence-corrected chi connectivity index (χ4v) is 3.21. The zero-order valence-electron chi connectivity index (χ0n) is 20.9. The van der Waals surface area contributed by atoms with Gasteiger partial charge in [0.2, 0.25) is 17.7 Å². The number of hydrogen-bond donors (Lipinski definition) is 9. The molecule has 210 valence electrons. The van der Waals surface area contributed by atoms with Gasteiger partial charge in [0.15, 0.2) is 5.96 Å². The summed E-state index contributed by atoms with van der Waals surface area (Å²) in [7, 11) is 0. The Balaban J connectivity index is 2.78. The SMILES string of the molecule is CC(NC(=O)C(CCC(=O)O)NC(=O)C(N)CCCN=C(N)N)C(=O)NC(Cc1ccc(O)cc1)C(=O)O. The average Bonchev–Trinajstić information content (AvgIpc) is 2.84. The second-order valence-electron chi connectivity index (χ2n) is 8.55. The van der Waals surface area contributed by atoms with Gasteiger partial charge < -0.3 is 48.5 Å². The van der Waals surface area contributed by atoms with Crippen LogP contribution >= 0.6 is 0 Å². The molecule has 1 aromatic rings. The van der Waals surface area contributed by atoms with E-state index in [1.165, 1.54) is 31.2 Å². The number of benzene rings is 1. The molecule has 15 nitrogen and oxygen atoms in total. The number of carboxylic acid groups (broad SMARTS) is 2. The largest absolute Gasteiger partial charge is 0.508 e. The molecule has 0 radical (unpaired) electrons. The lowest BCUT2D eigenvalue weighted by Gasteiger charge is -2.23. The third-order valence-electron chi connectivity index (χ3n) is 5.33. The molecule has 1 aromatic carbocycles. The summed E-state index contributed by atoms with van der Waals surface area (Å²) < 4.78 is 0. The van der Waals surface area contributed by atoms with Crippen molar-refractivity contribution in [2.45, 2.75) is 63.2 Å². The number of carboxylic acids is 2. The number of rotatable bonds is 16. The van der Waals surface area contributed by atoms with Gasteiger partial charge in [0, 0.05) is 19.4 Å². The highest BCUT2D eigenvalue weighted by atomic mass is 16.4. The van der Waals surface area contributed by atoms with E-state index in [9.17, 15) is 34.2 Å². The first kappa shape index (κ1) is 31.6. The summed E-state index contributed by atoms with van der Waals surface area (Å²) >= 11 is 0. The maximum atomic E-state index is 12.8. The van der Waals surface area contributed by atoms with E-state index in [0.717, 1.165) is 0 Å². The predicted molar refractivity (Wildman–Crippen MR) is 136 cm³/mol. The van der Waals surface area contributed by atoms with E-state index in [1.54, 1.807) is 0 Å². The van der Waals surface area contributed by atoms with E-state index < -0.39 is 60.2 Å². The van der Waals surface area contributed by atoms with Crippen LogP contribution in [0.1, 0.15) is 38.2 Å². The van der Waals surface area contributed by atoms with Crippen LogP contribution < -0.4 is 33.2 Å². The Hall–Kier alpha value is -4.40. The summed E-state index contributed by atoms with van der Waals surface area (Å²) in [5, 5.41) is 34.9. The summed E-state index contributed by atoms with van der Waals surface area (Å²) in [6, 6.07) is 0.868. The molecule has 0 spiro atoms. The first-order valence-electron chi connectivity index (χ1n) is 11.7. The van der Waals surface area contributed by atoms with Gasteiger partial charge in [-0.15, -0.1) is 0 Å². The predicted octanol–water partition coefficient (Wildman–Crippen LogP) is -2.26. The fourth-order valence-electron chi connectivity index (χ4n) is 3.21. The number of carbonyl (C=O) groups excluding carboxylic acids is 3. The number of phenolic OH excluding ortho intramolecular Hbond substituents is 1. The maximum Gasteiger partial charge on any atom is 0.326 e. The molecule has 1 rings (SSSR count). The number of phenols is 1. The van der Waals surface area contributed by atoms with Gasteiger partial charge in [-0.2, -0.15) is 0 Å². The highest BCUT2D eigenvalue weighted by Crippen LogP contribution is 2.11. The molecule has 0 aromatic heterocycles. The average molecular weight is 538 g/mol. The number of carbonyl (C=O) groups is 5. The van der Waals surface area contributed by atoms with Crippen molar-refractivity contribution < 1.29 is 39.3 Å². The van der Waals surface area contributed by atoms with Gasteiger partial charge in [-0.1, -0.05) is 12.1 Å². The van der Waals surface area contributed by atoms with Crippen LogP contribution in [0.4, 0.5) is 0 Å². The van der Waals surface area contributed by atoms with Crippen molar-refractivity contribution in [1.82, 2.24) is 16.0 Å². The molecule has 12 N–H and O–H groups in total. The minimum Gasteiger partial charge on any atom is -0.508 e. The van der Waals surface area contributed by atoms with Crippen molar-refractivity contribution in [3.63, 3.8) is 0 Å². The standard InChI is InChI=1S/C23H35N7O8/c1-12(19(34)30-17(22(37)38)11-13-4-6-14(31)7-5-13)28-21(36)16(8-9-18(32)33)29-20(35)15(24)3-2-10-27-23(25)26/h4-7,12,15-17,31H,2-3,8-11,24H2,1H3,(H,28,36)(H,29,35)(H,30,34)(H,32,33)(H,37,38)(H4,25,26,27). The Kier molecular flexibility index (Phi) is 13.0. The number of aromatic hydroxyl groups is 1. The van der Waals surface area contributed by atoms with Crippen LogP contribution in [-0.4, -0.2) is 81.7 Å². The smallest absolute Gasteiger partial charge is 0.326 e. The second kappa shape index (κ2) is 15.7. The monoisotopic (exact) mass is 537 g/mol. The summed E-state index contributed by atoms with van der Waals surface area (Å²) in [6.07, 6.45) is -0.246. The lowest BCUT2D eigenvalue weighted by Crippen LogP contribution is -2.56. The van der Waals surface area contributed by atoms with Gasteiger partial charge in [0.05, 0.1) is 6.04 Å². The van der Waals surface area contributed by atoms with E-state index in [2.05, 4.69) is 20.9 Å². The van der Waals surface area contributed by atoms with E-state index >= 15 is 0 Å². The van der Waals surface area contributed by atoms with E-state index in [-0.39, 0.29) is 37.5 Å². The molecule has 15 heteroatoms. The van der Waals surface area contributed by atoms with Crippen LogP contribution in [0, 0.1) is 0 Å². The number of amides is 3. The highest BCUT2D eigenvalue weighted by Gasteiger charge is 2.28. The van der Waals surface area contributed by atoms with Gasteiger partial charge in [0.1, 0.15) is 23.9 Å². The highest BCUT2D eigenvalue weighted by molar-refractivity contribution is 5.94. The number of nitrogens with one attached hydrogen (secondary N) is 3. The number of aliphatic imine (C=N–C) groups is 1.